The lowest BCUT2D eigenvalue weighted by Crippen LogP contribution is -2.43. The summed E-state index contributed by atoms with van der Waals surface area (Å²) < 4.78 is 22.6. The minimum Gasteiger partial charge on any atom is -0.337 e. The average molecular weight is 288 g/mol. The third kappa shape index (κ3) is 3.03. The monoisotopic (exact) mass is 287 g/mol. The van der Waals surface area contributed by atoms with E-state index in [1.54, 1.807) is 23.1 Å². The van der Waals surface area contributed by atoms with Gasteiger partial charge >= 0.3 is 0 Å². The maximum Gasteiger partial charge on any atom is 0.253 e. The highest BCUT2D eigenvalue weighted by Gasteiger charge is 2.25. The Labute approximate surface area is 111 Å². The number of amides is 1. The van der Waals surface area contributed by atoms with Gasteiger partial charge in [0.05, 0.1) is 11.5 Å². The lowest BCUT2D eigenvalue weighted by Gasteiger charge is -2.26. The molecular weight excluding hydrogens is 274 g/mol. The number of hydrogen-bond donors (Lipinski definition) is 0. The van der Waals surface area contributed by atoms with Gasteiger partial charge in [-0.15, -0.1) is 11.6 Å². The molecule has 1 aliphatic rings. The predicted molar refractivity (Wildman–Crippen MR) is 70.6 cm³/mol. The SMILES string of the molecule is O=C(c1cccc(CCl)c1)N1CCS(=O)(=O)CC1. The number of halogens is 1. The molecule has 1 fully saturated rings. The molecule has 1 aromatic rings. The molecule has 0 aromatic heterocycles. The van der Waals surface area contributed by atoms with Gasteiger partial charge in [0.1, 0.15) is 0 Å². The van der Waals surface area contributed by atoms with Gasteiger partial charge in [0.2, 0.25) is 0 Å². The zero-order valence-corrected chi connectivity index (χ0v) is 11.4. The summed E-state index contributed by atoms with van der Waals surface area (Å²) in [5, 5.41) is 0. The Balaban J connectivity index is 2.12. The van der Waals surface area contributed by atoms with Gasteiger partial charge in [-0.05, 0) is 17.7 Å². The van der Waals surface area contributed by atoms with Crippen LogP contribution in [0.4, 0.5) is 0 Å². The van der Waals surface area contributed by atoms with E-state index in [9.17, 15) is 13.2 Å². The summed E-state index contributed by atoms with van der Waals surface area (Å²) in [6.45, 7) is 0.540. The topological polar surface area (TPSA) is 54.5 Å². The zero-order valence-electron chi connectivity index (χ0n) is 9.80. The fourth-order valence-corrected chi connectivity index (χ4v) is 3.25. The van der Waals surface area contributed by atoms with Crippen molar-refractivity contribution in [1.82, 2.24) is 4.90 Å². The summed E-state index contributed by atoms with van der Waals surface area (Å²) in [4.78, 5) is 13.7. The zero-order chi connectivity index (χ0) is 13.2. The molecule has 2 rings (SSSR count). The van der Waals surface area contributed by atoms with E-state index in [0.717, 1.165) is 5.56 Å². The van der Waals surface area contributed by atoms with Crippen molar-refractivity contribution >= 4 is 27.3 Å². The average Bonchev–Trinajstić information content (AvgIpc) is 2.38. The molecule has 1 saturated heterocycles. The number of rotatable bonds is 2. The van der Waals surface area contributed by atoms with Crippen LogP contribution in [-0.2, 0) is 15.7 Å². The van der Waals surface area contributed by atoms with Gasteiger partial charge in [0.15, 0.2) is 9.84 Å². The Morgan fingerprint density at radius 2 is 1.94 bits per heavy atom. The van der Waals surface area contributed by atoms with Gasteiger partial charge in [-0.1, -0.05) is 12.1 Å². The van der Waals surface area contributed by atoms with Gasteiger partial charge in [-0.2, -0.15) is 0 Å². The van der Waals surface area contributed by atoms with Crippen LogP contribution in [-0.4, -0.2) is 43.8 Å². The summed E-state index contributed by atoms with van der Waals surface area (Å²) >= 11 is 5.72. The number of hydrogen-bond acceptors (Lipinski definition) is 3. The molecule has 1 amide bonds. The Bertz CT molecular complexity index is 542. The van der Waals surface area contributed by atoms with Gasteiger partial charge in [0.25, 0.3) is 5.91 Å². The smallest absolute Gasteiger partial charge is 0.253 e. The Kier molecular flexibility index (Phi) is 3.92. The largest absolute Gasteiger partial charge is 0.337 e. The summed E-state index contributed by atoms with van der Waals surface area (Å²) in [6, 6.07) is 7.11. The molecule has 0 N–H and O–H groups in total. The van der Waals surface area contributed by atoms with Crippen LogP contribution < -0.4 is 0 Å². The first-order chi connectivity index (χ1) is 8.52. The molecule has 1 heterocycles. The minimum absolute atomic E-state index is 0.0495. The molecule has 1 aliphatic heterocycles. The highest BCUT2D eigenvalue weighted by Crippen LogP contribution is 2.13. The number of alkyl halides is 1. The molecule has 4 nitrogen and oxygen atoms in total. The van der Waals surface area contributed by atoms with Crippen molar-refractivity contribution < 1.29 is 13.2 Å². The second-order valence-corrected chi connectivity index (χ2v) is 6.85. The van der Waals surface area contributed by atoms with E-state index in [0.29, 0.717) is 11.4 Å². The van der Waals surface area contributed by atoms with Crippen LogP contribution in [0.3, 0.4) is 0 Å². The molecule has 0 aliphatic carbocycles. The standard InChI is InChI=1S/C12H14ClNO3S/c13-9-10-2-1-3-11(8-10)12(15)14-4-6-18(16,17)7-5-14/h1-3,8H,4-7,9H2. The van der Waals surface area contributed by atoms with E-state index < -0.39 is 9.84 Å². The van der Waals surface area contributed by atoms with E-state index in [4.69, 9.17) is 11.6 Å². The molecule has 98 valence electrons. The van der Waals surface area contributed by atoms with Crippen molar-refractivity contribution in [2.75, 3.05) is 24.6 Å². The normalized spacial score (nSPS) is 18.6. The summed E-state index contributed by atoms with van der Waals surface area (Å²) in [7, 11) is -2.96. The van der Waals surface area contributed by atoms with Crippen LogP contribution in [0.2, 0.25) is 0 Å². The van der Waals surface area contributed by atoms with Crippen molar-refractivity contribution in [3.63, 3.8) is 0 Å². The highest BCUT2D eigenvalue weighted by molar-refractivity contribution is 7.91. The predicted octanol–water partition coefficient (Wildman–Crippen LogP) is 1.30. The van der Waals surface area contributed by atoms with E-state index >= 15 is 0 Å². The fourth-order valence-electron chi connectivity index (χ4n) is 1.89. The molecule has 0 spiro atoms. The van der Waals surface area contributed by atoms with Gasteiger partial charge in [0, 0.05) is 24.5 Å². The number of nitrogens with zero attached hydrogens (tertiary/aromatic N) is 1. The van der Waals surface area contributed by atoms with Crippen molar-refractivity contribution in [3.05, 3.63) is 35.4 Å². The first-order valence-corrected chi connectivity index (χ1v) is 8.02. The van der Waals surface area contributed by atoms with Gasteiger partial charge < -0.3 is 4.90 Å². The maximum atomic E-state index is 12.2. The first kappa shape index (κ1) is 13.4. The van der Waals surface area contributed by atoms with Crippen molar-refractivity contribution in [2.24, 2.45) is 0 Å². The molecule has 0 unspecified atom stereocenters. The number of carbonyl (C=O) groups excluding carboxylic acids is 1. The van der Waals surface area contributed by atoms with Crippen LogP contribution >= 0.6 is 11.6 Å². The molecule has 18 heavy (non-hydrogen) atoms. The first-order valence-electron chi connectivity index (χ1n) is 5.66. The highest BCUT2D eigenvalue weighted by atomic mass is 35.5. The number of carbonyl (C=O) groups is 1. The second-order valence-electron chi connectivity index (χ2n) is 4.28. The van der Waals surface area contributed by atoms with E-state index in [1.165, 1.54) is 0 Å². The Morgan fingerprint density at radius 1 is 1.28 bits per heavy atom. The maximum absolute atomic E-state index is 12.2. The van der Waals surface area contributed by atoms with Crippen LogP contribution in [0.25, 0.3) is 0 Å². The van der Waals surface area contributed by atoms with Crippen LogP contribution in [0.5, 0.6) is 0 Å². The molecule has 0 bridgehead atoms. The minimum atomic E-state index is -2.96. The van der Waals surface area contributed by atoms with E-state index in [1.807, 2.05) is 6.07 Å². The summed E-state index contributed by atoms with van der Waals surface area (Å²) in [5.74, 6) is 0.328. The van der Waals surface area contributed by atoms with Gasteiger partial charge in [-0.25, -0.2) is 8.42 Å². The summed E-state index contributed by atoms with van der Waals surface area (Å²) in [6.07, 6.45) is 0. The van der Waals surface area contributed by atoms with Crippen molar-refractivity contribution in [1.29, 1.82) is 0 Å². The quantitative estimate of drug-likeness (QED) is 0.771. The lowest BCUT2D eigenvalue weighted by atomic mass is 10.1. The molecule has 0 saturated carbocycles. The number of benzene rings is 1. The fraction of sp³-hybridized carbons (Fsp3) is 0.417. The molecule has 0 radical (unpaired) electrons. The Morgan fingerprint density at radius 3 is 2.56 bits per heavy atom. The van der Waals surface area contributed by atoms with E-state index in [-0.39, 0.29) is 30.5 Å². The van der Waals surface area contributed by atoms with Crippen molar-refractivity contribution in [3.8, 4) is 0 Å². The Hall–Kier alpha value is -1.07. The molecule has 0 atom stereocenters. The third-order valence-electron chi connectivity index (χ3n) is 2.96. The molecular formula is C12H14ClNO3S. The van der Waals surface area contributed by atoms with Crippen LogP contribution in [0.15, 0.2) is 24.3 Å². The second kappa shape index (κ2) is 5.28. The molecule has 1 aromatic carbocycles. The third-order valence-corrected chi connectivity index (χ3v) is 4.88. The van der Waals surface area contributed by atoms with Gasteiger partial charge in [-0.3, -0.25) is 4.79 Å². The van der Waals surface area contributed by atoms with E-state index in [2.05, 4.69) is 0 Å². The number of sulfone groups is 1. The molecule has 6 heteroatoms. The van der Waals surface area contributed by atoms with Crippen LogP contribution in [0, 0.1) is 0 Å². The lowest BCUT2D eigenvalue weighted by molar-refractivity contribution is 0.0770. The summed E-state index contributed by atoms with van der Waals surface area (Å²) in [5.41, 5.74) is 1.44. The van der Waals surface area contributed by atoms with Crippen LogP contribution in [0.1, 0.15) is 15.9 Å². The van der Waals surface area contributed by atoms with Crippen molar-refractivity contribution in [2.45, 2.75) is 5.88 Å².